The Kier molecular flexibility index (Phi) is 7.29. The van der Waals surface area contributed by atoms with Crippen LogP contribution in [0.3, 0.4) is 0 Å². The Hall–Kier alpha value is -0.970. The van der Waals surface area contributed by atoms with Gasteiger partial charge in [0, 0.05) is 16.6 Å². The molecule has 1 aromatic carbocycles. The van der Waals surface area contributed by atoms with Crippen molar-refractivity contribution in [1.29, 1.82) is 0 Å². The van der Waals surface area contributed by atoms with Crippen LogP contribution in [0.5, 0.6) is 5.75 Å². The van der Waals surface area contributed by atoms with E-state index in [9.17, 15) is 9.90 Å². The van der Waals surface area contributed by atoms with Crippen LogP contribution in [0.1, 0.15) is 39.2 Å². The summed E-state index contributed by atoms with van der Waals surface area (Å²) in [5, 5.41) is 12.9. The number of carbonyl (C=O) groups is 1. The maximum absolute atomic E-state index is 12.0. The van der Waals surface area contributed by atoms with Crippen molar-refractivity contribution in [2.45, 2.75) is 52.4 Å². The van der Waals surface area contributed by atoms with Crippen molar-refractivity contribution in [1.82, 2.24) is 5.32 Å². The van der Waals surface area contributed by atoms with E-state index >= 15 is 0 Å². The average molecular weight is 334 g/mol. The lowest BCUT2D eigenvalue weighted by Crippen LogP contribution is -2.41. The first kappa shape index (κ1) is 18.1. The van der Waals surface area contributed by atoms with Gasteiger partial charge in [-0.3, -0.25) is 4.79 Å². The van der Waals surface area contributed by atoms with E-state index < -0.39 is 6.10 Å². The van der Waals surface area contributed by atoms with Crippen molar-refractivity contribution >= 4 is 29.1 Å². The highest BCUT2D eigenvalue weighted by Gasteiger charge is 2.20. The standard InChI is InChI=1S/C15H21Cl2NO3/c1-4-5-9(2)18-15(20)10(3)21-14-11(8-19)6-12(16)7-13(14)17/h6-7,9-10,19H,4-5,8H2,1-3H3,(H,18,20). The van der Waals surface area contributed by atoms with Crippen LogP contribution < -0.4 is 10.1 Å². The highest BCUT2D eigenvalue weighted by Crippen LogP contribution is 2.33. The molecule has 0 bridgehead atoms. The molecule has 4 nitrogen and oxygen atoms in total. The van der Waals surface area contributed by atoms with E-state index in [1.807, 2.05) is 6.92 Å². The first-order valence-corrected chi connectivity index (χ1v) is 7.70. The molecule has 0 spiro atoms. The van der Waals surface area contributed by atoms with E-state index in [2.05, 4.69) is 12.2 Å². The van der Waals surface area contributed by atoms with Gasteiger partial charge < -0.3 is 15.2 Å². The van der Waals surface area contributed by atoms with Gasteiger partial charge >= 0.3 is 0 Å². The van der Waals surface area contributed by atoms with Gasteiger partial charge in [0.05, 0.1) is 11.6 Å². The second kappa shape index (κ2) is 8.47. The Morgan fingerprint density at radius 1 is 1.38 bits per heavy atom. The molecule has 0 heterocycles. The number of carbonyl (C=O) groups excluding carboxylic acids is 1. The van der Waals surface area contributed by atoms with E-state index in [4.69, 9.17) is 27.9 Å². The van der Waals surface area contributed by atoms with Crippen LogP contribution in [0.15, 0.2) is 12.1 Å². The monoisotopic (exact) mass is 333 g/mol. The average Bonchev–Trinajstić information content (AvgIpc) is 2.41. The Morgan fingerprint density at radius 3 is 2.62 bits per heavy atom. The zero-order valence-corrected chi connectivity index (χ0v) is 14.0. The molecule has 0 aliphatic heterocycles. The van der Waals surface area contributed by atoms with Crippen LogP contribution in [0, 0.1) is 0 Å². The molecule has 0 aliphatic rings. The fraction of sp³-hybridized carbons (Fsp3) is 0.533. The zero-order valence-electron chi connectivity index (χ0n) is 12.5. The smallest absolute Gasteiger partial charge is 0.260 e. The lowest BCUT2D eigenvalue weighted by molar-refractivity contribution is -0.127. The lowest BCUT2D eigenvalue weighted by atomic mass is 10.2. The molecule has 0 aromatic heterocycles. The number of nitrogens with one attached hydrogen (secondary N) is 1. The van der Waals surface area contributed by atoms with Gasteiger partial charge in [-0.25, -0.2) is 0 Å². The van der Waals surface area contributed by atoms with E-state index in [0.29, 0.717) is 10.6 Å². The molecule has 2 atom stereocenters. The van der Waals surface area contributed by atoms with E-state index in [-0.39, 0.29) is 29.3 Å². The third-order valence-corrected chi connectivity index (χ3v) is 3.53. The van der Waals surface area contributed by atoms with E-state index in [1.165, 1.54) is 6.07 Å². The molecule has 1 aromatic rings. The molecule has 118 valence electrons. The Labute approximate surface area is 135 Å². The molecular weight excluding hydrogens is 313 g/mol. The van der Waals surface area contributed by atoms with Gasteiger partial charge in [0.2, 0.25) is 0 Å². The minimum atomic E-state index is -0.715. The highest BCUT2D eigenvalue weighted by atomic mass is 35.5. The van der Waals surface area contributed by atoms with Crippen LogP contribution >= 0.6 is 23.2 Å². The molecule has 0 fully saturated rings. The predicted molar refractivity (Wildman–Crippen MR) is 85.0 cm³/mol. The maximum Gasteiger partial charge on any atom is 0.260 e. The summed E-state index contributed by atoms with van der Waals surface area (Å²) in [6, 6.07) is 3.17. The quantitative estimate of drug-likeness (QED) is 0.802. The molecule has 1 rings (SSSR count). The van der Waals surface area contributed by atoms with Crippen LogP contribution in [-0.2, 0) is 11.4 Å². The van der Waals surface area contributed by atoms with E-state index in [0.717, 1.165) is 12.8 Å². The Bertz CT molecular complexity index is 494. The summed E-state index contributed by atoms with van der Waals surface area (Å²) in [6.45, 7) is 5.38. The molecular formula is C15H21Cl2NO3. The van der Waals surface area contributed by atoms with Gasteiger partial charge in [0.25, 0.3) is 5.91 Å². The largest absolute Gasteiger partial charge is 0.479 e. The van der Waals surface area contributed by atoms with Crippen molar-refractivity contribution in [3.63, 3.8) is 0 Å². The van der Waals surface area contributed by atoms with Gasteiger partial charge in [-0.05, 0) is 32.4 Å². The summed E-state index contributed by atoms with van der Waals surface area (Å²) in [4.78, 5) is 12.0. The molecule has 0 radical (unpaired) electrons. The lowest BCUT2D eigenvalue weighted by Gasteiger charge is -2.20. The van der Waals surface area contributed by atoms with Gasteiger partial charge in [-0.2, -0.15) is 0 Å². The van der Waals surface area contributed by atoms with Crippen molar-refractivity contribution in [2.75, 3.05) is 0 Å². The van der Waals surface area contributed by atoms with Crippen molar-refractivity contribution < 1.29 is 14.6 Å². The molecule has 2 N–H and O–H groups in total. The molecule has 1 amide bonds. The van der Waals surface area contributed by atoms with Crippen LogP contribution in [0.2, 0.25) is 10.0 Å². The minimum absolute atomic E-state index is 0.0894. The molecule has 21 heavy (non-hydrogen) atoms. The molecule has 0 saturated carbocycles. The number of amides is 1. The normalized spacial score (nSPS) is 13.6. The minimum Gasteiger partial charge on any atom is -0.479 e. The van der Waals surface area contributed by atoms with Gasteiger partial charge in [0.1, 0.15) is 5.75 Å². The fourth-order valence-corrected chi connectivity index (χ4v) is 2.54. The maximum atomic E-state index is 12.0. The van der Waals surface area contributed by atoms with Crippen LogP contribution in [0.25, 0.3) is 0 Å². The summed E-state index contributed by atoms with van der Waals surface area (Å²) in [7, 11) is 0. The number of hydrogen-bond donors (Lipinski definition) is 2. The number of rotatable bonds is 7. The first-order valence-electron chi connectivity index (χ1n) is 6.94. The Morgan fingerprint density at radius 2 is 2.05 bits per heavy atom. The molecule has 0 saturated heterocycles. The van der Waals surface area contributed by atoms with Crippen LogP contribution in [0.4, 0.5) is 0 Å². The number of hydrogen-bond acceptors (Lipinski definition) is 3. The van der Waals surface area contributed by atoms with Gasteiger partial charge in [-0.15, -0.1) is 0 Å². The summed E-state index contributed by atoms with van der Waals surface area (Å²) in [5.41, 5.74) is 0.453. The second-order valence-corrected chi connectivity index (χ2v) is 5.84. The second-order valence-electron chi connectivity index (χ2n) is 4.99. The van der Waals surface area contributed by atoms with Crippen molar-refractivity contribution in [3.8, 4) is 5.75 Å². The summed E-state index contributed by atoms with van der Waals surface area (Å²) in [5.74, 6) is 0.0696. The van der Waals surface area contributed by atoms with Gasteiger partial charge in [-0.1, -0.05) is 36.5 Å². The summed E-state index contributed by atoms with van der Waals surface area (Å²) in [6.07, 6.45) is 1.18. The number of aliphatic hydroxyl groups excluding tert-OH is 1. The highest BCUT2D eigenvalue weighted by molar-refractivity contribution is 6.35. The van der Waals surface area contributed by atoms with Crippen molar-refractivity contribution in [2.24, 2.45) is 0 Å². The van der Waals surface area contributed by atoms with Crippen molar-refractivity contribution in [3.05, 3.63) is 27.7 Å². The summed E-state index contributed by atoms with van der Waals surface area (Å²) >= 11 is 11.9. The predicted octanol–water partition coefficient (Wildman–Crippen LogP) is 3.56. The fourth-order valence-electron chi connectivity index (χ4n) is 1.96. The zero-order chi connectivity index (χ0) is 16.0. The number of ether oxygens (including phenoxy) is 1. The molecule has 0 aliphatic carbocycles. The van der Waals surface area contributed by atoms with Gasteiger partial charge in [0.15, 0.2) is 6.10 Å². The number of aliphatic hydroxyl groups is 1. The first-order chi connectivity index (χ1) is 9.88. The summed E-state index contributed by atoms with van der Waals surface area (Å²) < 4.78 is 5.60. The van der Waals surface area contributed by atoms with Crippen LogP contribution in [-0.4, -0.2) is 23.2 Å². The molecule has 2 unspecified atom stereocenters. The number of halogens is 2. The SMILES string of the molecule is CCCC(C)NC(=O)C(C)Oc1c(Cl)cc(Cl)cc1CO. The number of benzene rings is 1. The third kappa shape index (κ3) is 5.38. The Balaban J connectivity index is 2.79. The van der Waals surface area contributed by atoms with E-state index in [1.54, 1.807) is 13.0 Å². The topological polar surface area (TPSA) is 58.6 Å². The third-order valence-electron chi connectivity index (χ3n) is 3.03. The molecule has 6 heteroatoms.